The summed E-state index contributed by atoms with van der Waals surface area (Å²) in [5.74, 6) is 0. The normalized spacial score (nSPS) is 24.2. The molecular weight excluding hydrogens is 164 g/mol. The van der Waals surface area contributed by atoms with E-state index in [1.165, 1.54) is 19.3 Å². The fourth-order valence-corrected chi connectivity index (χ4v) is 1.90. The molecule has 0 bridgehead atoms. The zero-order valence-electron chi connectivity index (χ0n) is 8.33. The third-order valence-corrected chi connectivity index (χ3v) is 2.66. The minimum atomic E-state index is 0.480. The molecule has 1 unspecified atom stereocenters. The first-order chi connectivity index (χ1) is 6.38. The van der Waals surface area contributed by atoms with E-state index < -0.39 is 0 Å². The summed E-state index contributed by atoms with van der Waals surface area (Å²) in [7, 11) is 1.73. The Bertz CT molecular complexity index is 176. The van der Waals surface area contributed by atoms with Crippen molar-refractivity contribution in [3.05, 3.63) is 0 Å². The van der Waals surface area contributed by atoms with E-state index in [0.29, 0.717) is 12.5 Å². The molecule has 3 heteroatoms. The lowest BCUT2D eigenvalue weighted by molar-refractivity contribution is 0.0977. The van der Waals surface area contributed by atoms with E-state index in [0.717, 1.165) is 19.7 Å². The molecule has 0 aromatic carbocycles. The highest BCUT2D eigenvalue weighted by Crippen LogP contribution is 2.18. The first-order valence-electron chi connectivity index (χ1n) is 4.98. The fourth-order valence-electron chi connectivity index (χ4n) is 1.90. The van der Waals surface area contributed by atoms with Crippen LogP contribution in [0.25, 0.3) is 0 Å². The van der Waals surface area contributed by atoms with Crippen molar-refractivity contribution in [2.24, 2.45) is 0 Å². The van der Waals surface area contributed by atoms with E-state index in [4.69, 9.17) is 10.00 Å². The van der Waals surface area contributed by atoms with E-state index in [9.17, 15) is 0 Å². The number of hydrogen-bond acceptors (Lipinski definition) is 3. The summed E-state index contributed by atoms with van der Waals surface area (Å²) in [5, 5.41) is 8.65. The zero-order chi connectivity index (χ0) is 9.52. The lowest BCUT2D eigenvalue weighted by Crippen LogP contribution is -2.41. The van der Waals surface area contributed by atoms with E-state index >= 15 is 0 Å². The van der Waals surface area contributed by atoms with Crippen molar-refractivity contribution in [1.82, 2.24) is 4.90 Å². The van der Waals surface area contributed by atoms with Crippen LogP contribution in [0, 0.1) is 11.3 Å². The number of rotatable bonds is 4. The van der Waals surface area contributed by atoms with Crippen molar-refractivity contribution in [2.75, 3.05) is 26.8 Å². The van der Waals surface area contributed by atoms with Gasteiger partial charge in [0.25, 0.3) is 0 Å². The molecule has 1 saturated heterocycles. The molecule has 1 heterocycles. The number of piperidine rings is 1. The summed E-state index contributed by atoms with van der Waals surface area (Å²) in [4.78, 5) is 2.39. The minimum Gasteiger partial charge on any atom is -0.383 e. The highest BCUT2D eigenvalue weighted by molar-refractivity contribution is 4.85. The molecule has 1 atom stereocenters. The Labute approximate surface area is 80.3 Å². The van der Waals surface area contributed by atoms with Crippen molar-refractivity contribution in [1.29, 1.82) is 5.26 Å². The van der Waals surface area contributed by atoms with Crippen LogP contribution in [0.1, 0.15) is 25.7 Å². The molecule has 0 aromatic rings. The molecule has 0 aromatic heterocycles. The van der Waals surface area contributed by atoms with Crippen molar-refractivity contribution in [3.63, 3.8) is 0 Å². The first kappa shape index (κ1) is 10.5. The Balaban J connectivity index is 2.33. The van der Waals surface area contributed by atoms with E-state index in [-0.39, 0.29) is 0 Å². The highest BCUT2D eigenvalue weighted by Gasteiger charge is 2.21. The largest absolute Gasteiger partial charge is 0.383 e. The molecule has 3 nitrogen and oxygen atoms in total. The molecule has 74 valence electrons. The second kappa shape index (κ2) is 5.95. The maximum atomic E-state index is 8.65. The van der Waals surface area contributed by atoms with Crippen molar-refractivity contribution < 1.29 is 4.74 Å². The number of ether oxygens (including phenoxy) is 1. The predicted octanol–water partition coefficient (Wildman–Crippen LogP) is 1.40. The average molecular weight is 182 g/mol. The number of nitriles is 1. The topological polar surface area (TPSA) is 36.3 Å². The molecule has 0 spiro atoms. The van der Waals surface area contributed by atoms with Gasteiger partial charge in [-0.1, -0.05) is 6.42 Å². The minimum absolute atomic E-state index is 0.480. The van der Waals surface area contributed by atoms with Crippen LogP contribution in [-0.2, 0) is 4.74 Å². The molecule has 1 aliphatic heterocycles. The van der Waals surface area contributed by atoms with Gasteiger partial charge >= 0.3 is 0 Å². The van der Waals surface area contributed by atoms with Gasteiger partial charge in [0.15, 0.2) is 0 Å². The van der Waals surface area contributed by atoms with Gasteiger partial charge in [-0.2, -0.15) is 5.26 Å². The Morgan fingerprint density at radius 3 is 3.08 bits per heavy atom. The average Bonchev–Trinajstić information content (AvgIpc) is 2.17. The monoisotopic (exact) mass is 182 g/mol. The van der Waals surface area contributed by atoms with Gasteiger partial charge in [0.05, 0.1) is 19.1 Å². The van der Waals surface area contributed by atoms with Crippen molar-refractivity contribution in [3.8, 4) is 6.07 Å². The molecule has 0 saturated carbocycles. The number of nitrogens with zero attached hydrogens (tertiary/aromatic N) is 2. The van der Waals surface area contributed by atoms with Crippen LogP contribution in [0.5, 0.6) is 0 Å². The van der Waals surface area contributed by atoms with Crippen molar-refractivity contribution in [2.45, 2.75) is 31.7 Å². The SMILES string of the molecule is COCCN1CCCCC1CC#N. The maximum absolute atomic E-state index is 8.65. The first-order valence-corrected chi connectivity index (χ1v) is 4.98. The fraction of sp³-hybridized carbons (Fsp3) is 0.900. The van der Waals surface area contributed by atoms with Gasteiger partial charge in [0, 0.05) is 19.7 Å². The lowest BCUT2D eigenvalue weighted by Gasteiger charge is -2.34. The Morgan fingerprint density at radius 1 is 1.54 bits per heavy atom. The van der Waals surface area contributed by atoms with Crippen molar-refractivity contribution >= 4 is 0 Å². The summed E-state index contributed by atoms with van der Waals surface area (Å²) in [6.07, 6.45) is 4.39. The summed E-state index contributed by atoms with van der Waals surface area (Å²) < 4.78 is 5.05. The van der Waals surface area contributed by atoms with E-state index in [1.807, 2.05) is 0 Å². The molecule has 1 aliphatic rings. The Hall–Kier alpha value is -0.590. The highest BCUT2D eigenvalue weighted by atomic mass is 16.5. The van der Waals surface area contributed by atoms with Crippen LogP contribution in [0.4, 0.5) is 0 Å². The summed E-state index contributed by atoms with van der Waals surface area (Å²) in [5.41, 5.74) is 0. The number of hydrogen-bond donors (Lipinski definition) is 0. The molecule has 0 aliphatic carbocycles. The standard InChI is InChI=1S/C10H18N2O/c1-13-9-8-12-7-3-2-4-10(12)5-6-11/h10H,2-5,7-9H2,1H3. The molecule has 13 heavy (non-hydrogen) atoms. The van der Waals surface area contributed by atoms with Gasteiger partial charge in [-0.05, 0) is 19.4 Å². The van der Waals surface area contributed by atoms with Crippen LogP contribution in [0.2, 0.25) is 0 Å². The van der Waals surface area contributed by atoms with Gasteiger partial charge in [0.2, 0.25) is 0 Å². The quantitative estimate of drug-likeness (QED) is 0.659. The third kappa shape index (κ3) is 3.33. The zero-order valence-corrected chi connectivity index (χ0v) is 8.33. The predicted molar refractivity (Wildman–Crippen MR) is 51.3 cm³/mol. The second-order valence-corrected chi connectivity index (χ2v) is 3.54. The Morgan fingerprint density at radius 2 is 2.38 bits per heavy atom. The molecule has 1 fully saturated rings. The molecular formula is C10H18N2O. The van der Waals surface area contributed by atoms with Gasteiger partial charge in [-0.3, -0.25) is 4.90 Å². The summed E-state index contributed by atoms with van der Waals surface area (Å²) >= 11 is 0. The van der Waals surface area contributed by atoms with Gasteiger partial charge < -0.3 is 4.74 Å². The van der Waals surface area contributed by atoms with Gasteiger partial charge in [-0.25, -0.2) is 0 Å². The second-order valence-electron chi connectivity index (χ2n) is 3.54. The summed E-state index contributed by atoms with van der Waals surface area (Å²) in [6.45, 7) is 2.89. The van der Waals surface area contributed by atoms with Crippen LogP contribution < -0.4 is 0 Å². The molecule has 0 N–H and O–H groups in total. The Kier molecular flexibility index (Phi) is 4.81. The van der Waals surface area contributed by atoms with Crippen LogP contribution >= 0.6 is 0 Å². The summed E-state index contributed by atoms with van der Waals surface area (Å²) in [6, 6.07) is 2.74. The number of likely N-dealkylation sites (tertiary alicyclic amines) is 1. The van der Waals surface area contributed by atoms with Gasteiger partial charge in [-0.15, -0.1) is 0 Å². The van der Waals surface area contributed by atoms with Gasteiger partial charge in [0.1, 0.15) is 0 Å². The molecule has 1 rings (SSSR count). The van der Waals surface area contributed by atoms with E-state index in [2.05, 4.69) is 11.0 Å². The van der Waals surface area contributed by atoms with Crippen LogP contribution in [0.3, 0.4) is 0 Å². The lowest BCUT2D eigenvalue weighted by atomic mass is 10.00. The smallest absolute Gasteiger partial charge is 0.0638 e. The molecule has 0 radical (unpaired) electrons. The van der Waals surface area contributed by atoms with E-state index in [1.54, 1.807) is 7.11 Å². The maximum Gasteiger partial charge on any atom is 0.0638 e. The number of methoxy groups -OCH3 is 1. The molecule has 0 amide bonds. The van der Waals surface area contributed by atoms with Crippen LogP contribution in [0.15, 0.2) is 0 Å². The van der Waals surface area contributed by atoms with Crippen LogP contribution in [-0.4, -0.2) is 37.7 Å². The third-order valence-electron chi connectivity index (χ3n) is 2.66.